The van der Waals surface area contributed by atoms with E-state index in [2.05, 4.69) is 12.2 Å². The lowest BCUT2D eigenvalue weighted by Crippen LogP contribution is -2.46. The van der Waals surface area contributed by atoms with E-state index in [4.69, 9.17) is 25.5 Å². The van der Waals surface area contributed by atoms with Crippen LogP contribution in [0.3, 0.4) is 0 Å². The molecule has 0 fully saturated rings. The molecular weight excluding hydrogens is 184 g/mol. The Hall–Kier alpha value is -0.110. The van der Waals surface area contributed by atoms with Crippen LogP contribution >= 0.6 is 12.2 Å². The first-order chi connectivity index (χ1) is 5.54. The summed E-state index contributed by atoms with van der Waals surface area (Å²) in [6.45, 7) is -0.692. The van der Waals surface area contributed by atoms with Crippen molar-refractivity contribution in [1.82, 2.24) is 0 Å². The molecule has 12 heavy (non-hydrogen) atoms. The molecular formula is C6H12O5S. The van der Waals surface area contributed by atoms with Crippen LogP contribution in [0.25, 0.3) is 0 Å². The van der Waals surface area contributed by atoms with Crippen LogP contribution in [0.2, 0.25) is 0 Å². The maximum Gasteiger partial charge on any atom is 0.113 e. The molecule has 0 spiro atoms. The number of hydrogen-bond donors (Lipinski definition) is 5. The second-order valence-corrected chi connectivity index (χ2v) is 2.63. The number of aliphatic hydroxyl groups excluding tert-OH is 5. The topological polar surface area (TPSA) is 101 Å². The van der Waals surface area contributed by atoms with Crippen molar-refractivity contribution >= 4 is 17.6 Å². The van der Waals surface area contributed by atoms with Crippen molar-refractivity contribution in [2.45, 2.75) is 24.4 Å². The van der Waals surface area contributed by atoms with Gasteiger partial charge in [-0.2, -0.15) is 0 Å². The van der Waals surface area contributed by atoms with Gasteiger partial charge in [-0.3, -0.25) is 0 Å². The summed E-state index contributed by atoms with van der Waals surface area (Å²) in [4.78, 5) is 0. The predicted octanol–water partition coefficient (Wildman–Crippen LogP) is -2.58. The Morgan fingerprint density at radius 2 is 1.58 bits per heavy atom. The van der Waals surface area contributed by atoms with Crippen LogP contribution in [0.5, 0.6) is 0 Å². The monoisotopic (exact) mass is 196 g/mol. The largest absolute Gasteiger partial charge is 0.394 e. The van der Waals surface area contributed by atoms with Crippen LogP contribution in [-0.2, 0) is 0 Å². The number of hydrogen-bond acceptors (Lipinski definition) is 6. The fourth-order valence-corrected chi connectivity index (χ4v) is 0.779. The van der Waals surface area contributed by atoms with Crippen molar-refractivity contribution in [3.05, 3.63) is 0 Å². The summed E-state index contributed by atoms with van der Waals surface area (Å²) in [6, 6.07) is 0. The Kier molecular flexibility index (Phi) is 5.47. The quantitative estimate of drug-likeness (QED) is 0.310. The summed E-state index contributed by atoms with van der Waals surface area (Å²) >= 11 is 4.30. The maximum absolute atomic E-state index is 9.02. The molecule has 0 aromatic rings. The van der Waals surface area contributed by atoms with E-state index in [9.17, 15) is 0 Å². The highest BCUT2D eigenvalue weighted by Gasteiger charge is 2.28. The average Bonchev–Trinajstić information content (AvgIpc) is 2.12. The Morgan fingerprint density at radius 3 is 1.92 bits per heavy atom. The third kappa shape index (κ3) is 3.10. The molecule has 0 saturated carbocycles. The summed E-state index contributed by atoms with van der Waals surface area (Å²) in [5, 5.41) is 44.9. The van der Waals surface area contributed by atoms with Gasteiger partial charge in [0.1, 0.15) is 24.4 Å². The van der Waals surface area contributed by atoms with Gasteiger partial charge in [0.05, 0.1) is 6.61 Å². The lowest BCUT2D eigenvalue weighted by Gasteiger charge is -2.23. The summed E-state index contributed by atoms with van der Waals surface area (Å²) < 4.78 is 0. The molecule has 0 aliphatic carbocycles. The molecule has 0 saturated heterocycles. The molecule has 0 aromatic heterocycles. The Balaban J connectivity index is 4.07. The molecule has 0 heterocycles. The van der Waals surface area contributed by atoms with Gasteiger partial charge >= 0.3 is 0 Å². The Morgan fingerprint density at radius 1 is 1.08 bits per heavy atom. The zero-order valence-electron chi connectivity index (χ0n) is 6.24. The summed E-state index contributed by atoms with van der Waals surface area (Å²) in [6.07, 6.45) is -6.06. The molecule has 6 heteroatoms. The zero-order chi connectivity index (χ0) is 9.72. The molecule has 0 unspecified atom stereocenters. The van der Waals surface area contributed by atoms with Gasteiger partial charge in [-0.05, 0) is 0 Å². The molecule has 5 N–H and O–H groups in total. The molecule has 0 rings (SSSR count). The second kappa shape index (κ2) is 5.52. The van der Waals surface area contributed by atoms with Crippen molar-refractivity contribution in [3.8, 4) is 0 Å². The van der Waals surface area contributed by atoms with E-state index in [-0.39, 0.29) is 0 Å². The molecule has 0 aliphatic rings. The lowest BCUT2D eigenvalue weighted by atomic mass is 10.0. The normalized spacial score (nSPS) is 21.1. The lowest BCUT2D eigenvalue weighted by molar-refractivity contribution is -0.0996. The first-order valence-corrected chi connectivity index (χ1v) is 3.80. The molecule has 0 radical (unpaired) electrons. The standard InChI is InChI=1S/C6H12O5S/c7-1-3(8)5(10)6(11)4(9)2-12/h2-11H,1H2/t3-,4+,5-,6-/m1/s1. The molecule has 0 amide bonds. The van der Waals surface area contributed by atoms with Gasteiger partial charge in [0.15, 0.2) is 0 Å². The van der Waals surface area contributed by atoms with Crippen LogP contribution < -0.4 is 0 Å². The maximum atomic E-state index is 9.02. The van der Waals surface area contributed by atoms with E-state index < -0.39 is 31.0 Å². The minimum atomic E-state index is -1.61. The fourth-order valence-electron chi connectivity index (χ4n) is 0.618. The minimum absolute atomic E-state index is 0.692. The molecule has 5 nitrogen and oxygen atoms in total. The highest BCUT2D eigenvalue weighted by molar-refractivity contribution is 7.79. The van der Waals surface area contributed by atoms with E-state index in [1.165, 1.54) is 0 Å². The average molecular weight is 196 g/mol. The van der Waals surface area contributed by atoms with Crippen LogP contribution in [0, 0.1) is 0 Å². The SMILES string of the molecule is OC[C@@H](O)[C@@H](O)[C@H](O)[C@@H](O)C=S. The summed E-state index contributed by atoms with van der Waals surface area (Å²) in [5.41, 5.74) is 0. The molecule has 72 valence electrons. The first kappa shape index (κ1) is 11.9. The van der Waals surface area contributed by atoms with Gasteiger partial charge in [-0.15, -0.1) is 0 Å². The minimum Gasteiger partial charge on any atom is -0.394 e. The first-order valence-electron chi connectivity index (χ1n) is 3.33. The zero-order valence-corrected chi connectivity index (χ0v) is 7.05. The third-order valence-corrected chi connectivity index (χ3v) is 1.70. The van der Waals surface area contributed by atoms with Crippen molar-refractivity contribution in [1.29, 1.82) is 0 Å². The smallest absolute Gasteiger partial charge is 0.113 e. The summed E-state index contributed by atoms with van der Waals surface area (Å²) in [7, 11) is 0. The van der Waals surface area contributed by atoms with Crippen molar-refractivity contribution in [2.24, 2.45) is 0 Å². The van der Waals surface area contributed by atoms with Gasteiger partial charge in [0, 0.05) is 5.37 Å². The molecule has 0 aromatic carbocycles. The summed E-state index contributed by atoms with van der Waals surface area (Å²) in [5.74, 6) is 0. The van der Waals surface area contributed by atoms with E-state index in [1.807, 2.05) is 0 Å². The van der Waals surface area contributed by atoms with Crippen LogP contribution in [0.1, 0.15) is 0 Å². The fraction of sp³-hybridized carbons (Fsp3) is 0.833. The third-order valence-electron chi connectivity index (χ3n) is 1.42. The van der Waals surface area contributed by atoms with Gasteiger partial charge < -0.3 is 25.5 Å². The van der Waals surface area contributed by atoms with Crippen LogP contribution in [0.15, 0.2) is 0 Å². The van der Waals surface area contributed by atoms with E-state index in [0.717, 1.165) is 5.37 Å². The number of thiocarbonyl (C=S) groups is 1. The van der Waals surface area contributed by atoms with Gasteiger partial charge in [-0.1, -0.05) is 12.2 Å². The predicted molar refractivity (Wildman–Crippen MR) is 44.8 cm³/mol. The Labute approximate surface area is 74.9 Å². The number of rotatable bonds is 5. The van der Waals surface area contributed by atoms with E-state index in [1.54, 1.807) is 0 Å². The van der Waals surface area contributed by atoms with Crippen molar-refractivity contribution < 1.29 is 25.5 Å². The van der Waals surface area contributed by atoms with E-state index >= 15 is 0 Å². The molecule has 0 bridgehead atoms. The Bertz CT molecular complexity index is 142. The van der Waals surface area contributed by atoms with Crippen LogP contribution in [-0.4, -0.2) is 61.9 Å². The highest BCUT2D eigenvalue weighted by Crippen LogP contribution is 2.03. The van der Waals surface area contributed by atoms with Gasteiger partial charge in [-0.25, -0.2) is 0 Å². The molecule has 4 atom stereocenters. The van der Waals surface area contributed by atoms with E-state index in [0.29, 0.717) is 0 Å². The number of aliphatic hydroxyl groups is 5. The van der Waals surface area contributed by atoms with Gasteiger partial charge in [0.2, 0.25) is 0 Å². The van der Waals surface area contributed by atoms with Crippen molar-refractivity contribution in [3.63, 3.8) is 0 Å². The van der Waals surface area contributed by atoms with Crippen LogP contribution in [0.4, 0.5) is 0 Å². The second-order valence-electron chi connectivity index (χ2n) is 2.36. The van der Waals surface area contributed by atoms with Gasteiger partial charge in [0.25, 0.3) is 0 Å². The molecule has 0 aliphatic heterocycles. The highest BCUT2D eigenvalue weighted by atomic mass is 32.1. The van der Waals surface area contributed by atoms with Crippen molar-refractivity contribution in [2.75, 3.05) is 6.61 Å².